The summed E-state index contributed by atoms with van der Waals surface area (Å²) in [5.41, 5.74) is 8.47. The van der Waals surface area contributed by atoms with Gasteiger partial charge in [-0.05, 0) is 62.7 Å². The highest BCUT2D eigenvalue weighted by molar-refractivity contribution is 5.90. The molecule has 3 heterocycles. The average Bonchev–Trinajstić information content (AvgIpc) is 3.15. The molecule has 2 aliphatic rings. The molecule has 2 aromatic rings. The van der Waals surface area contributed by atoms with E-state index in [1.165, 1.54) is 0 Å². The van der Waals surface area contributed by atoms with Crippen LogP contribution in [0.5, 0.6) is 0 Å². The minimum Gasteiger partial charge on any atom is -0.384 e. The van der Waals surface area contributed by atoms with Crippen LogP contribution in [-0.4, -0.2) is 59.4 Å². The number of nitrogen functional groups attached to an aromatic ring is 1. The highest BCUT2D eigenvalue weighted by atomic mass is 16.2. The smallest absolute Gasteiger partial charge is 0.321 e. The van der Waals surface area contributed by atoms with Gasteiger partial charge in [-0.15, -0.1) is 0 Å². The van der Waals surface area contributed by atoms with Crippen molar-refractivity contribution in [2.45, 2.75) is 37.8 Å². The number of anilines is 2. The molecule has 2 saturated heterocycles. The summed E-state index contributed by atoms with van der Waals surface area (Å²) >= 11 is 0. The van der Waals surface area contributed by atoms with Crippen LogP contribution >= 0.6 is 0 Å². The van der Waals surface area contributed by atoms with Crippen LogP contribution in [0.4, 0.5) is 16.3 Å². The number of nitrogens with one attached hydrogen (secondary N) is 2. The fraction of sp³-hybridized carbons (Fsp3) is 0.435. The number of urea groups is 1. The van der Waals surface area contributed by atoms with Crippen LogP contribution in [0.2, 0.25) is 0 Å². The van der Waals surface area contributed by atoms with E-state index in [1.807, 2.05) is 44.3 Å². The summed E-state index contributed by atoms with van der Waals surface area (Å²) in [6.45, 7) is 4.27. The summed E-state index contributed by atoms with van der Waals surface area (Å²) in [5, 5.41) is 6.04. The predicted molar refractivity (Wildman–Crippen MR) is 121 cm³/mol. The number of hydrogen-bond donors (Lipinski definition) is 3. The van der Waals surface area contributed by atoms with Crippen molar-refractivity contribution in [2.75, 3.05) is 37.7 Å². The van der Waals surface area contributed by atoms with E-state index < -0.39 is 0 Å². The lowest BCUT2D eigenvalue weighted by Crippen LogP contribution is -2.50. The molecule has 0 aliphatic carbocycles. The Labute approximate surface area is 182 Å². The summed E-state index contributed by atoms with van der Waals surface area (Å²) in [6.07, 6.45) is 3.75. The molecule has 2 atom stereocenters. The second kappa shape index (κ2) is 8.93. The molecular weight excluding hydrogens is 392 g/mol. The van der Waals surface area contributed by atoms with Crippen molar-refractivity contribution in [1.29, 1.82) is 0 Å². The molecule has 164 valence electrons. The molecule has 0 unspecified atom stereocenters. The molecule has 1 aromatic heterocycles. The molecule has 4 rings (SSSR count). The summed E-state index contributed by atoms with van der Waals surface area (Å²) in [7, 11) is 1.99. The van der Waals surface area contributed by atoms with Crippen LogP contribution in [-0.2, 0) is 4.79 Å². The van der Waals surface area contributed by atoms with Gasteiger partial charge in [-0.1, -0.05) is 18.2 Å². The van der Waals surface area contributed by atoms with Crippen molar-refractivity contribution in [3.63, 3.8) is 0 Å². The third kappa shape index (κ3) is 4.80. The first-order valence-corrected chi connectivity index (χ1v) is 10.8. The van der Waals surface area contributed by atoms with Gasteiger partial charge in [-0.25, -0.2) is 9.78 Å². The SMILES string of the molecule is C[C@H](NC(=O)[C@@H]1CCCN1C)c1ccc(NC(=O)N2CC(c3ccc(N)nc3)C2)cc1. The minimum absolute atomic E-state index is 0.0367. The molecule has 8 heteroatoms. The van der Waals surface area contributed by atoms with Crippen molar-refractivity contribution in [3.05, 3.63) is 53.7 Å². The highest BCUT2D eigenvalue weighted by Crippen LogP contribution is 2.27. The van der Waals surface area contributed by atoms with E-state index in [0.29, 0.717) is 24.8 Å². The van der Waals surface area contributed by atoms with E-state index in [1.54, 1.807) is 17.2 Å². The molecular formula is C23H30N6O2. The lowest BCUT2D eigenvalue weighted by molar-refractivity contribution is -0.125. The van der Waals surface area contributed by atoms with E-state index in [4.69, 9.17) is 5.73 Å². The minimum atomic E-state index is -0.113. The van der Waals surface area contributed by atoms with Gasteiger partial charge in [0.05, 0.1) is 12.1 Å². The topological polar surface area (TPSA) is 104 Å². The number of rotatable bonds is 5. The number of pyridine rings is 1. The fourth-order valence-electron chi connectivity index (χ4n) is 4.21. The maximum atomic E-state index is 12.5. The van der Waals surface area contributed by atoms with Gasteiger partial charge in [0.2, 0.25) is 5.91 Å². The molecule has 8 nitrogen and oxygen atoms in total. The van der Waals surface area contributed by atoms with Crippen molar-refractivity contribution < 1.29 is 9.59 Å². The molecule has 2 fully saturated rings. The number of benzene rings is 1. The van der Waals surface area contributed by atoms with Crippen LogP contribution in [0.1, 0.15) is 42.9 Å². The van der Waals surface area contributed by atoms with Crippen molar-refractivity contribution >= 4 is 23.4 Å². The van der Waals surface area contributed by atoms with Gasteiger partial charge < -0.3 is 21.3 Å². The van der Waals surface area contributed by atoms with E-state index >= 15 is 0 Å². The fourth-order valence-corrected chi connectivity index (χ4v) is 4.21. The molecule has 2 aliphatic heterocycles. The zero-order valence-corrected chi connectivity index (χ0v) is 18.0. The van der Waals surface area contributed by atoms with Crippen molar-refractivity contribution in [1.82, 2.24) is 20.1 Å². The van der Waals surface area contributed by atoms with Crippen LogP contribution in [0.3, 0.4) is 0 Å². The Morgan fingerprint density at radius 1 is 1.16 bits per heavy atom. The third-order valence-electron chi connectivity index (χ3n) is 6.29. The number of carbonyl (C=O) groups is 2. The average molecular weight is 423 g/mol. The maximum absolute atomic E-state index is 12.5. The number of amides is 3. The number of likely N-dealkylation sites (tertiary alicyclic amines) is 2. The number of hydrogen-bond acceptors (Lipinski definition) is 5. The molecule has 31 heavy (non-hydrogen) atoms. The quantitative estimate of drug-likeness (QED) is 0.687. The van der Waals surface area contributed by atoms with Gasteiger partial charge in [0.25, 0.3) is 0 Å². The molecule has 3 amide bonds. The van der Waals surface area contributed by atoms with Crippen LogP contribution < -0.4 is 16.4 Å². The predicted octanol–water partition coefficient (Wildman–Crippen LogP) is 2.57. The first kappa shape index (κ1) is 21.1. The van der Waals surface area contributed by atoms with Crippen LogP contribution in [0.25, 0.3) is 0 Å². The van der Waals surface area contributed by atoms with Gasteiger partial charge in [0.15, 0.2) is 0 Å². The first-order valence-electron chi connectivity index (χ1n) is 10.8. The molecule has 1 aromatic carbocycles. The van der Waals surface area contributed by atoms with E-state index in [0.717, 1.165) is 36.2 Å². The number of nitrogens with two attached hydrogens (primary N) is 1. The Hall–Kier alpha value is -3.13. The largest absolute Gasteiger partial charge is 0.384 e. The Morgan fingerprint density at radius 3 is 2.52 bits per heavy atom. The zero-order valence-electron chi connectivity index (χ0n) is 18.0. The number of likely N-dealkylation sites (N-methyl/N-ethyl adjacent to an activating group) is 1. The summed E-state index contributed by atoms with van der Waals surface area (Å²) in [6, 6.07) is 11.1. The van der Waals surface area contributed by atoms with Gasteiger partial charge in [-0.3, -0.25) is 9.69 Å². The summed E-state index contributed by atoms with van der Waals surface area (Å²) in [5.74, 6) is 0.874. The third-order valence-corrected chi connectivity index (χ3v) is 6.29. The van der Waals surface area contributed by atoms with E-state index in [-0.39, 0.29) is 24.0 Å². The molecule has 0 bridgehead atoms. The van der Waals surface area contributed by atoms with Crippen LogP contribution in [0.15, 0.2) is 42.6 Å². The van der Waals surface area contributed by atoms with Crippen molar-refractivity contribution in [3.8, 4) is 0 Å². The standard InChI is InChI=1S/C23H30N6O2/c1-15(26-22(30)20-4-3-11-28(20)2)16-5-8-19(9-6-16)27-23(31)29-13-18(14-29)17-7-10-21(24)25-12-17/h5-10,12,15,18,20H,3-4,11,13-14H2,1-2H3,(H2,24,25)(H,26,30)(H,27,31)/t15-,20-/m0/s1. The Kier molecular flexibility index (Phi) is 6.08. The number of nitrogens with zero attached hydrogens (tertiary/aromatic N) is 3. The number of carbonyl (C=O) groups excluding carboxylic acids is 2. The van der Waals surface area contributed by atoms with E-state index in [2.05, 4.69) is 20.5 Å². The monoisotopic (exact) mass is 422 g/mol. The first-order chi connectivity index (χ1) is 14.9. The van der Waals surface area contributed by atoms with Crippen LogP contribution in [0, 0.1) is 0 Å². The number of aromatic nitrogens is 1. The van der Waals surface area contributed by atoms with Gasteiger partial charge in [-0.2, -0.15) is 0 Å². The second-order valence-electron chi connectivity index (χ2n) is 8.54. The van der Waals surface area contributed by atoms with Gasteiger partial charge >= 0.3 is 6.03 Å². The van der Waals surface area contributed by atoms with Gasteiger partial charge in [0.1, 0.15) is 5.82 Å². The lowest BCUT2D eigenvalue weighted by Gasteiger charge is -2.39. The lowest BCUT2D eigenvalue weighted by atomic mass is 9.93. The molecule has 4 N–H and O–H groups in total. The molecule has 0 radical (unpaired) electrons. The highest BCUT2D eigenvalue weighted by Gasteiger charge is 2.32. The van der Waals surface area contributed by atoms with Crippen molar-refractivity contribution in [2.24, 2.45) is 0 Å². The summed E-state index contributed by atoms with van der Waals surface area (Å²) in [4.78, 5) is 33.0. The Morgan fingerprint density at radius 2 is 1.90 bits per heavy atom. The second-order valence-corrected chi connectivity index (χ2v) is 8.54. The Balaban J connectivity index is 1.26. The maximum Gasteiger partial charge on any atom is 0.321 e. The molecule has 0 spiro atoms. The van der Waals surface area contributed by atoms with E-state index in [9.17, 15) is 9.59 Å². The van der Waals surface area contributed by atoms with Gasteiger partial charge in [0, 0.05) is 30.9 Å². The Bertz CT molecular complexity index is 924. The molecule has 0 saturated carbocycles. The zero-order chi connectivity index (χ0) is 22.0. The summed E-state index contributed by atoms with van der Waals surface area (Å²) < 4.78 is 0. The normalized spacial score (nSPS) is 20.2.